The van der Waals surface area contributed by atoms with Gasteiger partial charge in [0.2, 0.25) is 11.8 Å². The number of benzene rings is 1. The van der Waals surface area contributed by atoms with Gasteiger partial charge in [-0.2, -0.15) is 0 Å². The van der Waals surface area contributed by atoms with Crippen LogP contribution < -0.4 is 16.0 Å². The first kappa shape index (κ1) is 19.5. The fraction of sp³-hybridized carbons (Fsp3) is 0.429. The number of nitrogens with one attached hydrogen (secondary N) is 3. The zero-order valence-corrected chi connectivity index (χ0v) is 16.1. The Morgan fingerprint density at radius 1 is 1.10 bits per heavy atom. The minimum absolute atomic E-state index is 0.115. The number of fused-ring (bicyclic) bond motifs is 1. The topological polar surface area (TPSA) is 108 Å². The molecule has 1 unspecified atom stereocenters. The first-order valence-electron chi connectivity index (χ1n) is 9.99. The highest BCUT2D eigenvalue weighted by Gasteiger charge is 2.45. The molecule has 1 saturated heterocycles. The SMILES string of the molecule is O=C1CCC(N2C(=O)c3cccc(CNCCC4=CCNCC4)c3C2=O)C(=O)N1. The van der Waals surface area contributed by atoms with Crippen molar-refractivity contribution in [1.82, 2.24) is 20.9 Å². The van der Waals surface area contributed by atoms with E-state index in [0.717, 1.165) is 42.9 Å². The molecule has 1 fully saturated rings. The molecule has 0 aliphatic carbocycles. The van der Waals surface area contributed by atoms with Crippen LogP contribution in [-0.4, -0.2) is 54.2 Å². The minimum atomic E-state index is -0.937. The number of piperidine rings is 1. The van der Waals surface area contributed by atoms with Crippen LogP contribution in [0.25, 0.3) is 0 Å². The van der Waals surface area contributed by atoms with Gasteiger partial charge < -0.3 is 10.6 Å². The first-order valence-corrected chi connectivity index (χ1v) is 9.99. The Labute approximate surface area is 168 Å². The highest BCUT2D eigenvalue weighted by atomic mass is 16.2. The first-order chi connectivity index (χ1) is 14.1. The number of hydrogen-bond acceptors (Lipinski definition) is 6. The van der Waals surface area contributed by atoms with Crippen LogP contribution in [0.5, 0.6) is 0 Å². The van der Waals surface area contributed by atoms with E-state index in [1.165, 1.54) is 5.57 Å². The van der Waals surface area contributed by atoms with Crippen LogP contribution >= 0.6 is 0 Å². The monoisotopic (exact) mass is 396 g/mol. The summed E-state index contributed by atoms with van der Waals surface area (Å²) in [4.78, 5) is 50.4. The van der Waals surface area contributed by atoms with Crippen LogP contribution in [-0.2, 0) is 16.1 Å². The summed E-state index contributed by atoms with van der Waals surface area (Å²) in [5.74, 6) is -1.90. The third-order valence-electron chi connectivity index (χ3n) is 5.65. The summed E-state index contributed by atoms with van der Waals surface area (Å²) in [6, 6.07) is 4.26. The molecule has 4 rings (SSSR count). The molecule has 29 heavy (non-hydrogen) atoms. The molecule has 4 amide bonds. The second-order valence-electron chi connectivity index (χ2n) is 7.53. The lowest BCUT2D eigenvalue weighted by atomic mass is 10.0. The lowest BCUT2D eigenvalue weighted by Gasteiger charge is -2.27. The van der Waals surface area contributed by atoms with Crippen LogP contribution in [0.4, 0.5) is 0 Å². The summed E-state index contributed by atoms with van der Waals surface area (Å²) in [7, 11) is 0. The third-order valence-corrected chi connectivity index (χ3v) is 5.65. The van der Waals surface area contributed by atoms with Crippen molar-refractivity contribution in [3.05, 3.63) is 46.5 Å². The van der Waals surface area contributed by atoms with Gasteiger partial charge in [-0.3, -0.25) is 29.4 Å². The molecule has 0 spiro atoms. The van der Waals surface area contributed by atoms with Gasteiger partial charge in [-0.1, -0.05) is 23.8 Å². The molecular weight excluding hydrogens is 372 g/mol. The van der Waals surface area contributed by atoms with Gasteiger partial charge in [0.25, 0.3) is 11.8 Å². The Bertz CT molecular complexity index is 908. The molecule has 3 heterocycles. The smallest absolute Gasteiger partial charge is 0.262 e. The van der Waals surface area contributed by atoms with E-state index in [1.54, 1.807) is 12.1 Å². The molecule has 0 radical (unpaired) electrons. The maximum absolute atomic E-state index is 13.0. The zero-order valence-electron chi connectivity index (χ0n) is 16.1. The van der Waals surface area contributed by atoms with Crippen molar-refractivity contribution in [2.45, 2.75) is 38.3 Å². The molecule has 0 aromatic heterocycles. The van der Waals surface area contributed by atoms with Gasteiger partial charge in [0.05, 0.1) is 11.1 Å². The van der Waals surface area contributed by atoms with E-state index >= 15 is 0 Å². The predicted molar refractivity (Wildman–Crippen MR) is 105 cm³/mol. The van der Waals surface area contributed by atoms with Gasteiger partial charge in [0.15, 0.2) is 0 Å². The molecule has 0 saturated carbocycles. The largest absolute Gasteiger partial charge is 0.313 e. The molecule has 8 heteroatoms. The molecular formula is C21H24N4O4. The molecule has 3 aliphatic rings. The Hall–Kier alpha value is -2.84. The van der Waals surface area contributed by atoms with Gasteiger partial charge in [0.1, 0.15) is 6.04 Å². The quantitative estimate of drug-likeness (QED) is 0.367. The van der Waals surface area contributed by atoms with E-state index < -0.39 is 23.8 Å². The highest BCUT2D eigenvalue weighted by molar-refractivity contribution is 6.24. The molecule has 152 valence electrons. The summed E-state index contributed by atoms with van der Waals surface area (Å²) in [6.07, 6.45) is 4.49. The summed E-state index contributed by atoms with van der Waals surface area (Å²) in [5, 5.41) is 8.86. The van der Waals surface area contributed by atoms with E-state index in [1.807, 2.05) is 6.07 Å². The Morgan fingerprint density at radius 3 is 2.72 bits per heavy atom. The van der Waals surface area contributed by atoms with Gasteiger partial charge >= 0.3 is 0 Å². The van der Waals surface area contributed by atoms with Gasteiger partial charge in [0, 0.05) is 19.5 Å². The Balaban J connectivity index is 1.45. The van der Waals surface area contributed by atoms with Crippen molar-refractivity contribution in [3.8, 4) is 0 Å². The standard InChI is InChI=1S/C21H24N4O4/c26-17-5-4-16(19(27)24-17)25-20(28)15-3-1-2-14(18(15)21(25)29)12-23-11-8-13-6-9-22-10-7-13/h1-3,6,16,22-23H,4-5,7-12H2,(H,24,26,27). The highest BCUT2D eigenvalue weighted by Crippen LogP contribution is 2.29. The van der Waals surface area contributed by atoms with Gasteiger partial charge in [-0.15, -0.1) is 0 Å². The zero-order chi connectivity index (χ0) is 20.4. The van der Waals surface area contributed by atoms with E-state index in [0.29, 0.717) is 17.7 Å². The summed E-state index contributed by atoms with van der Waals surface area (Å²) < 4.78 is 0. The molecule has 1 aromatic carbocycles. The molecule has 1 atom stereocenters. The summed E-state index contributed by atoms with van der Waals surface area (Å²) in [6.45, 7) is 3.17. The van der Waals surface area contributed by atoms with E-state index in [-0.39, 0.29) is 18.7 Å². The maximum Gasteiger partial charge on any atom is 0.262 e. The van der Waals surface area contributed by atoms with E-state index in [9.17, 15) is 19.2 Å². The number of carbonyl (C=O) groups is 4. The van der Waals surface area contributed by atoms with Crippen LogP contribution in [0.2, 0.25) is 0 Å². The average Bonchev–Trinajstić information content (AvgIpc) is 2.98. The van der Waals surface area contributed by atoms with E-state index in [2.05, 4.69) is 22.0 Å². The lowest BCUT2D eigenvalue weighted by Crippen LogP contribution is -2.54. The fourth-order valence-corrected chi connectivity index (χ4v) is 4.10. The van der Waals surface area contributed by atoms with Crippen molar-refractivity contribution >= 4 is 23.6 Å². The molecule has 3 N–H and O–H groups in total. The predicted octanol–water partition coefficient (Wildman–Crippen LogP) is 0.487. The summed E-state index contributed by atoms with van der Waals surface area (Å²) in [5.41, 5.74) is 2.84. The third kappa shape index (κ3) is 3.86. The molecule has 0 bridgehead atoms. The van der Waals surface area contributed by atoms with Crippen molar-refractivity contribution in [2.75, 3.05) is 19.6 Å². The number of amides is 4. The van der Waals surface area contributed by atoms with Crippen LogP contribution in [0.15, 0.2) is 29.8 Å². The van der Waals surface area contributed by atoms with Crippen molar-refractivity contribution in [1.29, 1.82) is 0 Å². The number of carbonyl (C=O) groups excluding carboxylic acids is 4. The minimum Gasteiger partial charge on any atom is -0.313 e. The number of rotatable bonds is 6. The Morgan fingerprint density at radius 2 is 1.97 bits per heavy atom. The second kappa shape index (κ2) is 8.26. The normalized spacial score (nSPS) is 21.9. The lowest BCUT2D eigenvalue weighted by molar-refractivity contribution is -0.136. The van der Waals surface area contributed by atoms with Crippen LogP contribution in [0.1, 0.15) is 52.0 Å². The second-order valence-corrected chi connectivity index (χ2v) is 7.53. The van der Waals surface area contributed by atoms with Crippen LogP contribution in [0, 0.1) is 0 Å². The Kier molecular flexibility index (Phi) is 5.55. The fourth-order valence-electron chi connectivity index (χ4n) is 4.10. The number of imide groups is 2. The molecule has 8 nitrogen and oxygen atoms in total. The van der Waals surface area contributed by atoms with Gasteiger partial charge in [-0.25, -0.2) is 0 Å². The maximum atomic E-state index is 13.0. The van der Waals surface area contributed by atoms with Crippen molar-refractivity contribution < 1.29 is 19.2 Å². The van der Waals surface area contributed by atoms with E-state index in [4.69, 9.17) is 0 Å². The van der Waals surface area contributed by atoms with Crippen LogP contribution in [0.3, 0.4) is 0 Å². The van der Waals surface area contributed by atoms with Crippen molar-refractivity contribution in [2.24, 2.45) is 0 Å². The molecule has 1 aromatic rings. The number of hydrogen-bond donors (Lipinski definition) is 3. The number of nitrogens with zero attached hydrogens (tertiary/aromatic N) is 1. The molecule has 3 aliphatic heterocycles. The van der Waals surface area contributed by atoms with Gasteiger partial charge in [-0.05, 0) is 44.0 Å². The average molecular weight is 396 g/mol. The van der Waals surface area contributed by atoms with Crippen molar-refractivity contribution in [3.63, 3.8) is 0 Å². The summed E-state index contributed by atoms with van der Waals surface area (Å²) >= 11 is 0.